The molecule has 2 unspecified atom stereocenters. The van der Waals surface area contributed by atoms with Crippen LogP contribution in [0.5, 0.6) is 5.75 Å². The van der Waals surface area contributed by atoms with E-state index < -0.39 is 90.9 Å². The van der Waals surface area contributed by atoms with E-state index in [0.29, 0.717) is 5.69 Å². The molecular weight excluding hydrogens is 525 g/mol. The number of primary amides is 1. The SMILES string of the molecule is CN(C)c1ccc(OS(=O)(=O)C(F)(F)F)c2c1CC1CC3CC(O)=C(C(N)=O)C(=O)[C@@]3(O)C(O)=C1C2=O. The summed E-state index contributed by atoms with van der Waals surface area (Å²) < 4.78 is 66.7. The lowest BCUT2D eigenvalue weighted by atomic mass is 9.60. The molecule has 3 aliphatic carbocycles. The van der Waals surface area contributed by atoms with E-state index in [1.807, 2.05) is 0 Å². The monoisotopic (exact) mass is 546 g/mol. The molecule has 1 aromatic carbocycles. The van der Waals surface area contributed by atoms with Crippen LogP contribution in [0.3, 0.4) is 0 Å². The van der Waals surface area contributed by atoms with Crippen molar-refractivity contribution in [3.8, 4) is 5.75 Å². The number of hydrogen-bond donors (Lipinski definition) is 4. The number of amides is 1. The van der Waals surface area contributed by atoms with Gasteiger partial charge in [0.15, 0.2) is 17.1 Å². The summed E-state index contributed by atoms with van der Waals surface area (Å²) >= 11 is 0. The number of carbonyl (C=O) groups excluding carboxylic acids is 3. The number of nitrogens with zero attached hydrogens (tertiary/aromatic N) is 1. The number of Topliss-reactive ketones (excluding diaryl/α,β-unsaturated/α-hetero) is 2. The third kappa shape index (κ3) is 3.75. The molecule has 0 fully saturated rings. The summed E-state index contributed by atoms with van der Waals surface area (Å²) in [5, 5.41) is 32.4. The van der Waals surface area contributed by atoms with Crippen LogP contribution in [0.25, 0.3) is 0 Å². The number of carbonyl (C=O) groups is 3. The summed E-state index contributed by atoms with van der Waals surface area (Å²) in [4.78, 5) is 39.8. The molecule has 0 saturated heterocycles. The first-order chi connectivity index (χ1) is 16.9. The van der Waals surface area contributed by atoms with Crippen LogP contribution >= 0.6 is 0 Å². The second kappa shape index (κ2) is 8.21. The maximum Gasteiger partial charge on any atom is 0.534 e. The minimum absolute atomic E-state index is 0.120. The smallest absolute Gasteiger partial charge is 0.511 e. The maximum absolute atomic E-state index is 13.6. The Morgan fingerprint density at radius 2 is 1.81 bits per heavy atom. The molecule has 1 amide bonds. The average Bonchev–Trinajstić information content (AvgIpc) is 2.74. The van der Waals surface area contributed by atoms with Crippen molar-refractivity contribution in [2.45, 2.75) is 30.4 Å². The van der Waals surface area contributed by atoms with Crippen LogP contribution in [0.15, 0.2) is 34.8 Å². The lowest BCUT2D eigenvalue weighted by Gasteiger charge is -2.45. The molecule has 0 aromatic heterocycles. The number of allylic oxidation sites excluding steroid dienone is 2. The molecule has 0 heterocycles. The molecule has 200 valence electrons. The first-order valence-corrected chi connectivity index (χ1v) is 12.2. The third-order valence-electron chi connectivity index (χ3n) is 6.87. The van der Waals surface area contributed by atoms with Crippen molar-refractivity contribution in [1.82, 2.24) is 0 Å². The summed E-state index contributed by atoms with van der Waals surface area (Å²) in [5.41, 5.74) is -5.13. The zero-order valence-electron chi connectivity index (χ0n) is 19.3. The lowest BCUT2D eigenvalue weighted by Crippen LogP contribution is -2.57. The second-order valence-electron chi connectivity index (χ2n) is 9.22. The van der Waals surface area contributed by atoms with Crippen LogP contribution in [0, 0.1) is 11.8 Å². The van der Waals surface area contributed by atoms with Gasteiger partial charge in [-0.15, -0.1) is 0 Å². The zero-order chi connectivity index (χ0) is 27.8. The summed E-state index contributed by atoms with van der Waals surface area (Å²) in [7, 11) is -3.03. The molecule has 37 heavy (non-hydrogen) atoms. The molecule has 15 heteroatoms. The predicted molar refractivity (Wildman–Crippen MR) is 119 cm³/mol. The zero-order valence-corrected chi connectivity index (χ0v) is 20.1. The Labute approximate surface area is 207 Å². The van der Waals surface area contributed by atoms with Gasteiger partial charge in [-0.2, -0.15) is 21.6 Å². The fourth-order valence-corrected chi connectivity index (χ4v) is 5.71. The van der Waals surface area contributed by atoms with Gasteiger partial charge in [0, 0.05) is 37.7 Å². The Kier molecular flexibility index (Phi) is 5.87. The molecule has 0 aliphatic heterocycles. The highest BCUT2D eigenvalue weighted by Crippen LogP contribution is 2.52. The van der Waals surface area contributed by atoms with Crippen molar-refractivity contribution < 1.29 is 55.5 Å². The van der Waals surface area contributed by atoms with Gasteiger partial charge in [-0.3, -0.25) is 14.4 Å². The van der Waals surface area contributed by atoms with E-state index in [1.165, 1.54) is 11.0 Å². The minimum Gasteiger partial charge on any atom is -0.511 e. The number of alkyl halides is 3. The Morgan fingerprint density at radius 3 is 2.35 bits per heavy atom. The fourth-order valence-electron chi connectivity index (χ4n) is 5.24. The number of aliphatic hydroxyl groups is 3. The van der Waals surface area contributed by atoms with E-state index in [1.54, 1.807) is 14.1 Å². The quantitative estimate of drug-likeness (QED) is 0.243. The fraction of sp³-hybridized carbons (Fsp3) is 0.409. The van der Waals surface area contributed by atoms with E-state index >= 15 is 0 Å². The predicted octanol–water partition coefficient (Wildman–Crippen LogP) is 1.17. The van der Waals surface area contributed by atoms with Gasteiger partial charge in [0.05, 0.1) is 5.56 Å². The normalized spacial score (nSPS) is 25.9. The standard InChI is InChI=1S/C22H21F3N2O9S/c1-27(2)11-3-4-13(36-37(34,35)22(23,24)25)15-10(11)6-8-5-9-7-12(28)16(20(26)32)19(31)21(9,33)18(30)14(8)17(15)29/h3-4,8-9,28,30,33H,5-7H2,1-2H3,(H2,26,32)/t8?,9?,21-/m0/s1. The number of nitrogens with two attached hydrogens (primary N) is 1. The second-order valence-corrected chi connectivity index (χ2v) is 10.8. The molecule has 11 nitrogen and oxygen atoms in total. The van der Waals surface area contributed by atoms with Crippen LogP contribution in [-0.4, -0.2) is 66.4 Å². The van der Waals surface area contributed by atoms with Gasteiger partial charge in [-0.25, -0.2) is 0 Å². The number of halogens is 3. The Hall–Kier alpha value is -3.59. The summed E-state index contributed by atoms with van der Waals surface area (Å²) in [6.07, 6.45) is -0.699. The lowest BCUT2D eigenvalue weighted by molar-refractivity contribution is -0.144. The van der Waals surface area contributed by atoms with Gasteiger partial charge >= 0.3 is 15.6 Å². The number of hydrogen-bond acceptors (Lipinski definition) is 10. The van der Waals surface area contributed by atoms with Crippen LogP contribution in [0.1, 0.15) is 28.8 Å². The molecule has 0 saturated carbocycles. The number of ketones is 2. The number of fused-ring (bicyclic) bond motifs is 3. The van der Waals surface area contributed by atoms with Crippen LogP contribution in [-0.2, 0) is 26.1 Å². The van der Waals surface area contributed by atoms with E-state index in [2.05, 4.69) is 4.18 Å². The van der Waals surface area contributed by atoms with Gasteiger partial charge in [-0.05, 0) is 36.5 Å². The molecule has 4 rings (SSSR count). The van der Waals surface area contributed by atoms with Crippen LogP contribution < -0.4 is 14.8 Å². The highest BCUT2D eigenvalue weighted by atomic mass is 32.2. The molecule has 0 spiro atoms. The van der Waals surface area contributed by atoms with Gasteiger partial charge in [0.1, 0.15) is 17.1 Å². The summed E-state index contributed by atoms with van der Waals surface area (Å²) in [5.74, 6) is -8.82. The molecule has 3 atom stereocenters. The minimum atomic E-state index is -6.18. The van der Waals surface area contributed by atoms with Gasteiger partial charge in [0.2, 0.25) is 5.78 Å². The molecule has 1 aromatic rings. The Bertz CT molecular complexity index is 1430. The van der Waals surface area contributed by atoms with Crippen molar-refractivity contribution in [3.63, 3.8) is 0 Å². The first-order valence-electron chi connectivity index (χ1n) is 10.7. The topological polar surface area (TPSA) is 185 Å². The Morgan fingerprint density at radius 1 is 1.19 bits per heavy atom. The average molecular weight is 546 g/mol. The van der Waals surface area contributed by atoms with Crippen molar-refractivity contribution >= 4 is 33.3 Å². The molecule has 0 radical (unpaired) electrons. The summed E-state index contributed by atoms with van der Waals surface area (Å²) in [6.45, 7) is 0. The van der Waals surface area contributed by atoms with Crippen molar-refractivity contribution in [3.05, 3.63) is 45.9 Å². The van der Waals surface area contributed by atoms with Crippen molar-refractivity contribution in [1.29, 1.82) is 0 Å². The highest BCUT2D eigenvalue weighted by Gasteiger charge is 2.60. The van der Waals surface area contributed by atoms with E-state index in [9.17, 15) is 51.3 Å². The molecule has 3 aliphatic rings. The maximum atomic E-state index is 13.6. The highest BCUT2D eigenvalue weighted by molar-refractivity contribution is 7.88. The van der Waals surface area contributed by atoms with E-state index in [0.717, 1.165) is 6.07 Å². The number of aliphatic hydroxyl groups excluding tert-OH is 2. The third-order valence-corrected chi connectivity index (χ3v) is 7.84. The van der Waals surface area contributed by atoms with Gasteiger partial charge in [-0.1, -0.05) is 0 Å². The van der Waals surface area contributed by atoms with Crippen molar-refractivity contribution in [2.24, 2.45) is 17.6 Å². The number of benzene rings is 1. The molecule has 0 bridgehead atoms. The van der Waals surface area contributed by atoms with Gasteiger partial charge < -0.3 is 30.1 Å². The van der Waals surface area contributed by atoms with E-state index in [4.69, 9.17) is 5.73 Å². The summed E-state index contributed by atoms with van der Waals surface area (Å²) in [6, 6.07) is 2.12. The largest absolute Gasteiger partial charge is 0.534 e. The van der Waals surface area contributed by atoms with Crippen molar-refractivity contribution in [2.75, 3.05) is 19.0 Å². The van der Waals surface area contributed by atoms with Crippen LogP contribution in [0.2, 0.25) is 0 Å². The number of anilines is 1. The van der Waals surface area contributed by atoms with Gasteiger partial charge in [0.25, 0.3) is 5.91 Å². The Balaban J connectivity index is 1.94. The molecule has 5 N–H and O–H groups in total. The first kappa shape index (κ1) is 26.5. The molecular formula is C22H21F3N2O9S. The van der Waals surface area contributed by atoms with Crippen LogP contribution in [0.4, 0.5) is 18.9 Å². The van der Waals surface area contributed by atoms with E-state index in [-0.39, 0.29) is 18.4 Å². The number of rotatable bonds is 4.